The largest absolute Gasteiger partial charge is 0.380 e. The Morgan fingerprint density at radius 1 is 1.38 bits per heavy atom. The highest BCUT2D eigenvalue weighted by atomic mass is 16.5. The van der Waals surface area contributed by atoms with Gasteiger partial charge in [0, 0.05) is 19.7 Å². The quantitative estimate of drug-likeness (QED) is 0.584. The lowest BCUT2D eigenvalue weighted by molar-refractivity contribution is -0.126. The molecule has 0 aliphatic heterocycles. The topological polar surface area (TPSA) is 64.3 Å². The second kappa shape index (κ2) is 9.60. The molecule has 4 nitrogen and oxygen atoms in total. The van der Waals surface area contributed by atoms with E-state index in [1.165, 1.54) is 0 Å². The third-order valence-electron chi connectivity index (χ3n) is 2.58. The third kappa shape index (κ3) is 6.80. The zero-order chi connectivity index (χ0) is 12.4. The summed E-state index contributed by atoms with van der Waals surface area (Å²) < 4.78 is 5.35. The number of hydrogen-bond acceptors (Lipinski definition) is 3. The van der Waals surface area contributed by atoms with Gasteiger partial charge < -0.3 is 15.8 Å². The first-order chi connectivity index (χ1) is 7.63. The molecule has 0 saturated heterocycles. The Bertz CT molecular complexity index is 184. The van der Waals surface area contributed by atoms with Crippen LogP contribution in [0.2, 0.25) is 0 Å². The van der Waals surface area contributed by atoms with Crippen LogP contribution < -0.4 is 11.1 Å². The maximum absolute atomic E-state index is 11.7. The maximum atomic E-state index is 11.7. The minimum Gasteiger partial charge on any atom is -0.380 e. The summed E-state index contributed by atoms with van der Waals surface area (Å²) in [5, 5.41) is 2.85. The number of hydrogen-bond donors (Lipinski definition) is 2. The lowest BCUT2D eigenvalue weighted by Crippen LogP contribution is -2.39. The van der Waals surface area contributed by atoms with Crippen LogP contribution in [0.3, 0.4) is 0 Å². The molecule has 1 atom stereocenters. The Morgan fingerprint density at radius 3 is 2.56 bits per heavy atom. The van der Waals surface area contributed by atoms with Gasteiger partial charge in [-0.25, -0.2) is 0 Å². The van der Waals surface area contributed by atoms with Gasteiger partial charge in [-0.15, -0.1) is 0 Å². The zero-order valence-electron chi connectivity index (χ0n) is 10.8. The molecule has 96 valence electrons. The van der Waals surface area contributed by atoms with Gasteiger partial charge in [0.15, 0.2) is 0 Å². The Morgan fingerprint density at radius 2 is 2.06 bits per heavy atom. The van der Waals surface area contributed by atoms with E-state index in [-0.39, 0.29) is 17.7 Å². The van der Waals surface area contributed by atoms with E-state index in [2.05, 4.69) is 12.2 Å². The van der Waals surface area contributed by atoms with Gasteiger partial charge in [0.1, 0.15) is 0 Å². The maximum Gasteiger partial charge on any atom is 0.224 e. The Kier molecular flexibility index (Phi) is 9.24. The van der Waals surface area contributed by atoms with Crippen LogP contribution in [0.5, 0.6) is 0 Å². The first kappa shape index (κ1) is 15.4. The van der Waals surface area contributed by atoms with Gasteiger partial charge in [0.05, 0.1) is 12.5 Å². The molecule has 0 spiro atoms. The first-order valence-electron chi connectivity index (χ1n) is 6.19. The molecule has 0 aromatic carbocycles. The van der Waals surface area contributed by atoms with Crippen LogP contribution in [-0.2, 0) is 9.53 Å². The van der Waals surface area contributed by atoms with E-state index in [0.29, 0.717) is 19.7 Å². The Hall–Kier alpha value is -0.610. The van der Waals surface area contributed by atoms with Crippen LogP contribution in [0, 0.1) is 11.8 Å². The number of ether oxygens (including phenoxy) is 1. The van der Waals surface area contributed by atoms with Crippen LogP contribution in [0.4, 0.5) is 0 Å². The fourth-order valence-electron chi connectivity index (χ4n) is 1.41. The first-order valence-corrected chi connectivity index (χ1v) is 6.19. The molecule has 0 rings (SSSR count). The number of amides is 1. The molecule has 0 heterocycles. The molecule has 4 heteroatoms. The van der Waals surface area contributed by atoms with Crippen LogP contribution >= 0.6 is 0 Å². The summed E-state index contributed by atoms with van der Waals surface area (Å²) in [5.74, 6) is 0.234. The molecule has 1 amide bonds. The summed E-state index contributed by atoms with van der Waals surface area (Å²) in [4.78, 5) is 11.7. The standard InChI is InChI=1S/C12H26N2O2/c1-4-5-7-16-8-6-14-12(15)11(9-13)10(2)3/h10-11H,4-9,13H2,1-3H3,(H,14,15). The number of unbranched alkanes of at least 4 members (excludes halogenated alkanes) is 1. The average molecular weight is 230 g/mol. The Labute approximate surface area is 98.9 Å². The predicted octanol–water partition coefficient (Wildman–Crippen LogP) is 1.15. The summed E-state index contributed by atoms with van der Waals surface area (Å²) >= 11 is 0. The molecular formula is C12H26N2O2. The van der Waals surface area contributed by atoms with Crippen molar-refractivity contribution >= 4 is 5.91 Å². The molecule has 0 fully saturated rings. The van der Waals surface area contributed by atoms with E-state index in [1.54, 1.807) is 0 Å². The zero-order valence-corrected chi connectivity index (χ0v) is 10.8. The van der Waals surface area contributed by atoms with E-state index in [0.717, 1.165) is 19.4 Å². The molecule has 0 bridgehead atoms. The van der Waals surface area contributed by atoms with Crippen LogP contribution in [0.1, 0.15) is 33.6 Å². The van der Waals surface area contributed by atoms with Gasteiger partial charge in [-0.05, 0) is 12.3 Å². The smallest absolute Gasteiger partial charge is 0.224 e. The highest BCUT2D eigenvalue weighted by Gasteiger charge is 2.19. The molecule has 0 aliphatic rings. The highest BCUT2D eigenvalue weighted by Crippen LogP contribution is 2.08. The van der Waals surface area contributed by atoms with E-state index in [9.17, 15) is 4.79 Å². The highest BCUT2D eigenvalue weighted by molar-refractivity contribution is 5.79. The van der Waals surface area contributed by atoms with E-state index in [1.807, 2.05) is 13.8 Å². The van der Waals surface area contributed by atoms with Crippen LogP contribution in [-0.4, -0.2) is 32.2 Å². The molecule has 0 aliphatic carbocycles. The van der Waals surface area contributed by atoms with Crippen molar-refractivity contribution < 1.29 is 9.53 Å². The fourth-order valence-corrected chi connectivity index (χ4v) is 1.41. The lowest BCUT2D eigenvalue weighted by Gasteiger charge is -2.18. The second-order valence-corrected chi connectivity index (χ2v) is 4.34. The van der Waals surface area contributed by atoms with Crippen molar-refractivity contribution in [3.8, 4) is 0 Å². The van der Waals surface area contributed by atoms with E-state index >= 15 is 0 Å². The monoisotopic (exact) mass is 230 g/mol. The summed E-state index contributed by atoms with van der Waals surface area (Å²) in [6.07, 6.45) is 2.21. The Balaban J connectivity index is 3.56. The molecule has 0 radical (unpaired) electrons. The van der Waals surface area contributed by atoms with Crippen LogP contribution in [0.25, 0.3) is 0 Å². The van der Waals surface area contributed by atoms with Crippen molar-refractivity contribution in [1.29, 1.82) is 0 Å². The molecule has 1 unspecified atom stereocenters. The minimum absolute atomic E-state index is 0.0385. The van der Waals surface area contributed by atoms with Gasteiger partial charge >= 0.3 is 0 Å². The fraction of sp³-hybridized carbons (Fsp3) is 0.917. The van der Waals surface area contributed by atoms with Gasteiger partial charge in [0.2, 0.25) is 5.91 Å². The van der Waals surface area contributed by atoms with Crippen molar-refractivity contribution in [2.24, 2.45) is 17.6 Å². The van der Waals surface area contributed by atoms with Crippen molar-refractivity contribution in [1.82, 2.24) is 5.32 Å². The van der Waals surface area contributed by atoms with Gasteiger partial charge in [-0.3, -0.25) is 4.79 Å². The van der Waals surface area contributed by atoms with Crippen molar-refractivity contribution in [3.63, 3.8) is 0 Å². The predicted molar refractivity (Wildman–Crippen MR) is 66.1 cm³/mol. The number of carbonyl (C=O) groups is 1. The van der Waals surface area contributed by atoms with Crippen molar-refractivity contribution in [2.45, 2.75) is 33.6 Å². The molecule has 3 N–H and O–H groups in total. The minimum atomic E-state index is -0.0874. The van der Waals surface area contributed by atoms with E-state index < -0.39 is 0 Å². The molecule has 16 heavy (non-hydrogen) atoms. The summed E-state index contributed by atoms with van der Waals surface area (Å²) in [5.41, 5.74) is 5.55. The molecule has 0 saturated carbocycles. The second-order valence-electron chi connectivity index (χ2n) is 4.34. The number of rotatable bonds is 9. The number of nitrogens with one attached hydrogen (secondary N) is 1. The summed E-state index contributed by atoms with van der Waals surface area (Å²) in [7, 11) is 0. The van der Waals surface area contributed by atoms with Gasteiger partial charge in [-0.1, -0.05) is 27.2 Å². The van der Waals surface area contributed by atoms with Crippen molar-refractivity contribution in [2.75, 3.05) is 26.3 Å². The van der Waals surface area contributed by atoms with Gasteiger partial charge in [-0.2, -0.15) is 0 Å². The SMILES string of the molecule is CCCCOCCNC(=O)C(CN)C(C)C. The lowest BCUT2D eigenvalue weighted by atomic mass is 9.95. The summed E-state index contributed by atoms with van der Waals surface area (Å²) in [6, 6.07) is 0. The average Bonchev–Trinajstić information content (AvgIpc) is 2.23. The number of nitrogens with two attached hydrogens (primary N) is 1. The van der Waals surface area contributed by atoms with Gasteiger partial charge in [0.25, 0.3) is 0 Å². The summed E-state index contributed by atoms with van der Waals surface area (Å²) in [6.45, 7) is 8.48. The molecular weight excluding hydrogens is 204 g/mol. The van der Waals surface area contributed by atoms with Crippen LogP contribution in [0.15, 0.2) is 0 Å². The van der Waals surface area contributed by atoms with E-state index in [4.69, 9.17) is 10.5 Å². The molecule has 0 aromatic heterocycles. The normalized spacial score (nSPS) is 12.8. The number of carbonyl (C=O) groups excluding carboxylic acids is 1. The van der Waals surface area contributed by atoms with Crippen molar-refractivity contribution in [3.05, 3.63) is 0 Å². The third-order valence-corrected chi connectivity index (χ3v) is 2.58. The molecule has 0 aromatic rings.